The predicted octanol–water partition coefficient (Wildman–Crippen LogP) is 5.42. The number of ether oxygens (including phenoxy) is 1. The lowest BCUT2D eigenvalue weighted by atomic mass is 10.1. The molecule has 3 aromatic rings. The van der Waals surface area contributed by atoms with Gasteiger partial charge >= 0.3 is 0 Å². The van der Waals surface area contributed by atoms with E-state index in [0.717, 1.165) is 35.3 Å². The fourth-order valence-corrected chi connectivity index (χ4v) is 4.88. The van der Waals surface area contributed by atoms with Crippen LogP contribution in [-0.2, 0) is 23.0 Å². The summed E-state index contributed by atoms with van der Waals surface area (Å²) in [6, 6.07) is 20.9. The first-order valence-corrected chi connectivity index (χ1v) is 14.1. The van der Waals surface area contributed by atoms with Gasteiger partial charge in [-0.15, -0.1) is 0 Å². The molecule has 3 aromatic carbocycles. The van der Waals surface area contributed by atoms with Crippen molar-refractivity contribution in [1.82, 2.24) is 5.32 Å². The average Bonchev–Trinajstić information content (AvgIpc) is 2.81. The third-order valence-electron chi connectivity index (χ3n) is 5.77. The number of rotatable bonds is 11. The van der Waals surface area contributed by atoms with Crippen LogP contribution in [0.1, 0.15) is 52.9 Å². The number of carbonyl (C=O) groups excluding carboxylic acids is 1. The minimum absolute atomic E-state index is 0.132. The van der Waals surface area contributed by atoms with E-state index in [-0.39, 0.29) is 18.6 Å². The van der Waals surface area contributed by atoms with E-state index in [1.807, 2.05) is 64.1 Å². The van der Waals surface area contributed by atoms with E-state index in [2.05, 4.69) is 11.4 Å². The molecule has 1 amide bonds. The van der Waals surface area contributed by atoms with E-state index in [4.69, 9.17) is 4.74 Å². The van der Waals surface area contributed by atoms with Crippen LogP contribution < -0.4 is 14.4 Å². The minimum Gasteiger partial charge on any atom is -0.491 e. The Bertz CT molecular complexity index is 1280. The van der Waals surface area contributed by atoms with Gasteiger partial charge in [0.2, 0.25) is 10.0 Å². The fourth-order valence-electron chi connectivity index (χ4n) is 3.94. The Labute approximate surface area is 215 Å². The van der Waals surface area contributed by atoms with Crippen LogP contribution in [0.2, 0.25) is 0 Å². The molecule has 0 fully saturated rings. The largest absolute Gasteiger partial charge is 0.491 e. The van der Waals surface area contributed by atoms with Crippen molar-refractivity contribution in [3.05, 3.63) is 94.5 Å². The molecule has 0 spiro atoms. The zero-order chi connectivity index (χ0) is 26.3. The van der Waals surface area contributed by atoms with Crippen molar-refractivity contribution in [3.8, 4) is 5.75 Å². The molecule has 3 rings (SSSR count). The van der Waals surface area contributed by atoms with Crippen molar-refractivity contribution in [1.29, 1.82) is 0 Å². The van der Waals surface area contributed by atoms with Gasteiger partial charge in [0.25, 0.3) is 5.91 Å². The number of carbonyl (C=O) groups is 1. The van der Waals surface area contributed by atoms with Gasteiger partial charge in [0.05, 0.1) is 24.6 Å². The molecule has 0 bridgehead atoms. The SMILES string of the molecule is Cc1ccc(C)c(N(Cc2ccc(C(=O)NCCCc3cccc(OC(C)C)c3)cc2)S(C)(=O)=O)c1. The summed E-state index contributed by atoms with van der Waals surface area (Å²) in [5.41, 5.74) is 5.07. The van der Waals surface area contributed by atoms with Gasteiger partial charge in [-0.1, -0.05) is 36.4 Å². The summed E-state index contributed by atoms with van der Waals surface area (Å²) in [6.45, 7) is 8.60. The molecule has 0 saturated carbocycles. The van der Waals surface area contributed by atoms with Crippen LogP contribution in [0.15, 0.2) is 66.7 Å². The van der Waals surface area contributed by atoms with E-state index in [1.54, 1.807) is 24.3 Å². The summed E-state index contributed by atoms with van der Waals surface area (Å²) in [7, 11) is -3.48. The summed E-state index contributed by atoms with van der Waals surface area (Å²) in [5.74, 6) is 0.714. The summed E-state index contributed by atoms with van der Waals surface area (Å²) in [6.07, 6.45) is 3.00. The van der Waals surface area contributed by atoms with E-state index < -0.39 is 10.0 Å². The van der Waals surface area contributed by atoms with Crippen LogP contribution in [0.4, 0.5) is 5.69 Å². The molecule has 0 atom stereocenters. The number of hydrogen-bond acceptors (Lipinski definition) is 4. The van der Waals surface area contributed by atoms with Gasteiger partial charge in [-0.05, 0) is 93.1 Å². The molecule has 1 N–H and O–H groups in total. The van der Waals surface area contributed by atoms with E-state index >= 15 is 0 Å². The monoisotopic (exact) mass is 508 g/mol. The fraction of sp³-hybridized carbons (Fsp3) is 0.345. The average molecular weight is 509 g/mol. The number of nitrogens with zero attached hydrogens (tertiary/aromatic N) is 1. The Morgan fingerprint density at radius 1 is 0.972 bits per heavy atom. The first kappa shape index (κ1) is 27.3. The van der Waals surface area contributed by atoms with Crippen molar-refractivity contribution >= 4 is 21.6 Å². The lowest BCUT2D eigenvalue weighted by Gasteiger charge is -2.25. The normalized spacial score (nSPS) is 11.4. The number of amides is 1. The van der Waals surface area contributed by atoms with E-state index in [0.29, 0.717) is 17.8 Å². The summed E-state index contributed by atoms with van der Waals surface area (Å²) < 4.78 is 32.2. The first-order valence-electron chi connectivity index (χ1n) is 12.2. The summed E-state index contributed by atoms with van der Waals surface area (Å²) in [4.78, 5) is 12.6. The second-order valence-corrected chi connectivity index (χ2v) is 11.3. The summed E-state index contributed by atoms with van der Waals surface area (Å²) >= 11 is 0. The van der Waals surface area contributed by atoms with E-state index in [9.17, 15) is 13.2 Å². The van der Waals surface area contributed by atoms with Crippen LogP contribution in [-0.4, -0.2) is 33.2 Å². The molecule has 0 aromatic heterocycles. The third kappa shape index (κ3) is 7.85. The van der Waals surface area contributed by atoms with Crippen LogP contribution in [0, 0.1) is 13.8 Å². The van der Waals surface area contributed by atoms with Gasteiger partial charge in [0.15, 0.2) is 0 Å². The number of sulfonamides is 1. The molecule has 0 saturated heterocycles. The highest BCUT2D eigenvalue weighted by molar-refractivity contribution is 7.92. The molecule has 6 nitrogen and oxygen atoms in total. The topological polar surface area (TPSA) is 75.7 Å². The van der Waals surface area contributed by atoms with Gasteiger partial charge in [-0.3, -0.25) is 9.10 Å². The van der Waals surface area contributed by atoms with E-state index in [1.165, 1.54) is 16.1 Å². The molecule has 0 heterocycles. The quantitative estimate of drug-likeness (QED) is 0.351. The van der Waals surface area contributed by atoms with Crippen LogP contribution in [0.5, 0.6) is 5.75 Å². The van der Waals surface area contributed by atoms with Crippen molar-refractivity contribution in [2.75, 3.05) is 17.1 Å². The molecular formula is C29H36N2O4S. The van der Waals surface area contributed by atoms with Crippen molar-refractivity contribution in [3.63, 3.8) is 0 Å². The Hall–Kier alpha value is -3.32. The number of nitrogens with one attached hydrogen (secondary N) is 1. The number of aryl methyl sites for hydroxylation is 3. The smallest absolute Gasteiger partial charge is 0.251 e. The molecule has 0 aliphatic heterocycles. The van der Waals surface area contributed by atoms with Crippen molar-refractivity contribution in [2.24, 2.45) is 0 Å². The molecule has 0 aliphatic carbocycles. The number of anilines is 1. The second kappa shape index (κ2) is 12.1. The zero-order valence-corrected chi connectivity index (χ0v) is 22.6. The Morgan fingerprint density at radius 3 is 2.36 bits per heavy atom. The highest BCUT2D eigenvalue weighted by Gasteiger charge is 2.20. The maximum Gasteiger partial charge on any atom is 0.251 e. The van der Waals surface area contributed by atoms with Crippen molar-refractivity contribution in [2.45, 2.75) is 53.2 Å². The molecule has 0 aliphatic rings. The second-order valence-electron chi connectivity index (χ2n) is 9.43. The minimum atomic E-state index is -3.48. The Balaban J connectivity index is 1.57. The number of benzene rings is 3. The van der Waals surface area contributed by atoms with Gasteiger partial charge in [0, 0.05) is 12.1 Å². The Morgan fingerprint density at radius 2 is 1.69 bits per heavy atom. The summed E-state index contributed by atoms with van der Waals surface area (Å²) in [5, 5.41) is 2.96. The molecule has 192 valence electrons. The zero-order valence-electron chi connectivity index (χ0n) is 21.7. The molecule has 36 heavy (non-hydrogen) atoms. The molecule has 0 unspecified atom stereocenters. The highest BCUT2D eigenvalue weighted by Crippen LogP contribution is 2.26. The van der Waals surface area contributed by atoms with Crippen LogP contribution in [0.25, 0.3) is 0 Å². The molecule has 7 heteroatoms. The molecular weight excluding hydrogens is 472 g/mol. The van der Waals surface area contributed by atoms with Gasteiger partial charge in [-0.25, -0.2) is 8.42 Å². The van der Waals surface area contributed by atoms with Crippen LogP contribution in [0.3, 0.4) is 0 Å². The van der Waals surface area contributed by atoms with Gasteiger partial charge in [-0.2, -0.15) is 0 Å². The van der Waals surface area contributed by atoms with Crippen molar-refractivity contribution < 1.29 is 17.9 Å². The maximum atomic E-state index is 12.6. The predicted molar refractivity (Wildman–Crippen MR) is 146 cm³/mol. The molecule has 0 radical (unpaired) electrons. The third-order valence-corrected chi connectivity index (χ3v) is 6.90. The maximum absolute atomic E-state index is 12.6. The van der Waals surface area contributed by atoms with Crippen LogP contribution >= 0.6 is 0 Å². The highest BCUT2D eigenvalue weighted by atomic mass is 32.2. The number of hydrogen-bond donors (Lipinski definition) is 1. The van der Waals surface area contributed by atoms with Gasteiger partial charge < -0.3 is 10.1 Å². The lowest BCUT2D eigenvalue weighted by Crippen LogP contribution is -2.30. The standard InChI is InChI=1S/C29H36N2O4S/c1-21(2)35-27-10-6-8-24(19-27)9-7-17-30-29(32)26-15-13-25(14-16-26)20-31(36(5,33)34)28-18-22(3)11-12-23(28)4/h6,8,10-16,18-19,21H,7,9,17,20H2,1-5H3,(H,30,32). The van der Waals surface area contributed by atoms with Gasteiger partial charge in [0.1, 0.15) is 5.75 Å². The first-order chi connectivity index (χ1) is 17.0. The Kier molecular flexibility index (Phi) is 9.15. The lowest BCUT2D eigenvalue weighted by molar-refractivity contribution is 0.0953.